The zero-order chi connectivity index (χ0) is 8.48. The summed E-state index contributed by atoms with van der Waals surface area (Å²) in [5.74, 6) is 0. The Kier molecular flexibility index (Phi) is 2.21. The normalized spacial score (nSPS) is 22.8. The van der Waals surface area contributed by atoms with E-state index in [1.807, 2.05) is 6.92 Å². The van der Waals surface area contributed by atoms with E-state index in [0.717, 1.165) is 31.4 Å². The summed E-state index contributed by atoms with van der Waals surface area (Å²) in [6.07, 6.45) is 4.00. The van der Waals surface area contributed by atoms with Gasteiger partial charge in [0.1, 0.15) is 0 Å². The molecular weight excluding hydrogens is 138 g/mol. The Morgan fingerprint density at radius 2 is 2.00 bits per heavy atom. The molecule has 0 fully saturated rings. The molecule has 2 heteroatoms. The fourth-order valence-corrected chi connectivity index (χ4v) is 1.91. The average Bonchev–Trinajstić information content (AvgIpc) is 2.32. The first-order chi connectivity index (χ1) is 5.16. The SMILES string of the molecule is CCC1(CC)CCC(C)=[N+]1[O-]. The van der Waals surface area contributed by atoms with Crippen LogP contribution in [0.4, 0.5) is 0 Å². The minimum atomic E-state index is -0.0515. The molecule has 0 bridgehead atoms. The number of hydroxylamine groups is 1. The van der Waals surface area contributed by atoms with E-state index in [-0.39, 0.29) is 5.54 Å². The lowest BCUT2D eigenvalue weighted by Crippen LogP contribution is -2.34. The molecule has 0 spiro atoms. The number of rotatable bonds is 2. The van der Waals surface area contributed by atoms with Gasteiger partial charge in [-0.2, -0.15) is 0 Å². The first kappa shape index (κ1) is 8.57. The van der Waals surface area contributed by atoms with Crippen LogP contribution in [-0.4, -0.2) is 16.0 Å². The van der Waals surface area contributed by atoms with Gasteiger partial charge in [0, 0.05) is 32.6 Å². The summed E-state index contributed by atoms with van der Waals surface area (Å²) >= 11 is 0. The molecule has 1 aliphatic heterocycles. The Morgan fingerprint density at radius 1 is 1.45 bits per heavy atom. The molecule has 0 aliphatic carbocycles. The quantitative estimate of drug-likeness (QED) is 0.444. The van der Waals surface area contributed by atoms with E-state index >= 15 is 0 Å². The maximum Gasteiger partial charge on any atom is 0.172 e. The molecular formula is C9H17NO. The van der Waals surface area contributed by atoms with Gasteiger partial charge in [0.15, 0.2) is 11.3 Å². The predicted octanol–water partition coefficient (Wildman–Crippen LogP) is 2.31. The minimum absolute atomic E-state index is 0.0515. The molecule has 0 saturated heterocycles. The summed E-state index contributed by atoms with van der Waals surface area (Å²) in [5, 5.41) is 11.6. The molecule has 64 valence electrons. The zero-order valence-corrected chi connectivity index (χ0v) is 7.68. The average molecular weight is 155 g/mol. The Balaban J connectivity index is 2.88. The highest BCUT2D eigenvalue weighted by Crippen LogP contribution is 2.30. The van der Waals surface area contributed by atoms with Crippen molar-refractivity contribution in [1.82, 2.24) is 0 Å². The first-order valence-electron chi connectivity index (χ1n) is 4.46. The van der Waals surface area contributed by atoms with Gasteiger partial charge >= 0.3 is 0 Å². The minimum Gasteiger partial charge on any atom is -0.623 e. The van der Waals surface area contributed by atoms with Crippen LogP contribution in [0.5, 0.6) is 0 Å². The van der Waals surface area contributed by atoms with E-state index in [4.69, 9.17) is 0 Å². The van der Waals surface area contributed by atoms with Crippen molar-refractivity contribution in [3.63, 3.8) is 0 Å². The lowest BCUT2D eigenvalue weighted by Gasteiger charge is -2.25. The van der Waals surface area contributed by atoms with Crippen LogP contribution in [-0.2, 0) is 0 Å². The predicted molar refractivity (Wildman–Crippen MR) is 46.9 cm³/mol. The van der Waals surface area contributed by atoms with Crippen molar-refractivity contribution in [2.75, 3.05) is 0 Å². The molecule has 0 aromatic rings. The molecule has 2 nitrogen and oxygen atoms in total. The van der Waals surface area contributed by atoms with Crippen molar-refractivity contribution in [2.45, 2.75) is 52.0 Å². The second-order valence-corrected chi connectivity index (χ2v) is 3.46. The zero-order valence-electron chi connectivity index (χ0n) is 7.68. The van der Waals surface area contributed by atoms with Crippen LogP contribution in [0, 0.1) is 5.21 Å². The van der Waals surface area contributed by atoms with Crippen LogP contribution >= 0.6 is 0 Å². The smallest absolute Gasteiger partial charge is 0.172 e. The van der Waals surface area contributed by atoms with Gasteiger partial charge in [0.2, 0.25) is 0 Å². The summed E-state index contributed by atoms with van der Waals surface area (Å²) in [6.45, 7) is 6.15. The van der Waals surface area contributed by atoms with Crippen LogP contribution in [0.1, 0.15) is 46.5 Å². The highest BCUT2D eigenvalue weighted by molar-refractivity contribution is 5.78. The van der Waals surface area contributed by atoms with Gasteiger partial charge in [-0.15, -0.1) is 0 Å². The second kappa shape index (κ2) is 2.84. The van der Waals surface area contributed by atoms with Crippen LogP contribution in [0.3, 0.4) is 0 Å². The molecule has 0 aromatic heterocycles. The van der Waals surface area contributed by atoms with E-state index in [2.05, 4.69) is 13.8 Å². The van der Waals surface area contributed by atoms with E-state index in [9.17, 15) is 5.21 Å². The molecule has 0 amide bonds. The van der Waals surface area contributed by atoms with Crippen molar-refractivity contribution < 1.29 is 4.74 Å². The van der Waals surface area contributed by atoms with Gasteiger partial charge in [-0.3, -0.25) is 0 Å². The van der Waals surface area contributed by atoms with Gasteiger partial charge in [0.05, 0.1) is 0 Å². The van der Waals surface area contributed by atoms with Gasteiger partial charge in [0.25, 0.3) is 0 Å². The Morgan fingerprint density at radius 3 is 2.18 bits per heavy atom. The van der Waals surface area contributed by atoms with Crippen LogP contribution < -0.4 is 0 Å². The third kappa shape index (κ3) is 1.15. The molecule has 0 N–H and O–H groups in total. The van der Waals surface area contributed by atoms with Crippen LogP contribution in [0.15, 0.2) is 0 Å². The van der Waals surface area contributed by atoms with Gasteiger partial charge in [-0.1, -0.05) is 13.8 Å². The van der Waals surface area contributed by atoms with E-state index in [1.165, 1.54) is 4.74 Å². The van der Waals surface area contributed by atoms with Crippen molar-refractivity contribution in [3.05, 3.63) is 5.21 Å². The number of hydrogen-bond acceptors (Lipinski definition) is 1. The molecule has 0 aromatic carbocycles. The fraction of sp³-hybridized carbons (Fsp3) is 0.889. The third-order valence-electron chi connectivity index (χ3n) is 3.05. The summed E-state index contributed by atoms with van der Waals surface area (Å²) in [5.41, 5.74) is 0.957. The molecule has 11 heavy (non-hydrogen) atoms. The van der Waals surface area contributed by atoms with Gasteiger partial charge in [-0.05, 0) is 0 Å². The van der Waals surface area contributed by atoms with Crippen LogP contribution in [0.2, 0.25) is 0 Å². The monoisotopic (exact) mass is 155 g/mol. The molecule has 1 rings (SSSR count). The lowest BCUT2D eigenvalue weighted by atomic mass is 9.91. The first-order valence-corrected chi connectivity index (χ1v) is 4.46. The summed E-state index contributed by atoms with van der Waals surface area (Å²) < 4.78 is 1.24. The maximum atomic E-state index is 11.6. The highest BCUT2D eigenvalue weighted by Gasteiger charge is 2.40. The third-order valence-corrected chi connectivity index (χ3v) is 3.05. The van der Waals surface area contributed by atoms with Crippen molar-refractivity contribution in [1.29, 1.82) is 0 Å². The van der Waals surface area contributed by atoms with Crippen molar-refractivity contribution >= 4 is 5.71 Å². The van der Waals surface area contributed by atoms with Crippen molar-refractivity contribution in [2.24, 2.45) is 0 Å². The molecule has 1 heterocycles. The topological polar surface area (TPSA) is 26.1 Å². The summed E-state index contributed by atoms with van der Waals surface area (Å²) in [6, 6.07) is 0. The molecule has 1 aliphatic rings. The molecule has 0 atom stereocenters. The maximum absolute atomic E-state index is 11.6. The fourth-order valence-electron chi connectivity index (χ4n) is 1.91. The Labute approximate surface area is 68.5 Å². The molecule has 0 saturated carbocycles. The van der Waals surface area contributed by atoms with Crippen LogP contribution in [0.25, 0.3) is 0 Å². The lowest BCUT2D eigenvalue weighted by molar-refractivity contribution is -0.543. The summed E-state index contributed by atoms with van der Waals surface area (Å²) in [4.78, 5) is 0. The highest BCUT2D eigenvalue weighted by atomic mass is 16.5. The number of hydrogen-bond donors (Lipinski definition) is 0. The molecule has 0 radical (unpaired) electrons. The van der Waals surface area contributed by atoms with Crippen molar-refractivity contribution in [3.8, 4) is 0 Å². The number of nitrogens with zero attached hydrogens (tertiary/aromatic N) is 1. The van der Waals surface area contributed by atoms with E-state index in [0.29, 0.717) is 0 Å². The largest absolute Gasteiger partial charge is 0.623 e. The van der Waals surface area contributed by atoms with Gasteiger partial charge < -0.3 is 5.21 Å². The molecule has 0 unspecified atom stereocenters. The van der Waals surface area contributed by atoms with E-state index < -0.39 is 0 Å². The van der Waals surface area contributed by atoms with Gasteiger partial charge in [-0.25, -0.2) is 4.74 Å². The Bertz CT molecular complexity index is 180. The summed E-state index contributed by atoms with van der Waals surface area (Å²) in [7, 11) is 0. The standard InChI is InChI=1S/C9H17NO/c1-4-9(5-2)7-6-8(3)10(9)11/h4-7H2,1-3H3. The Hall–Kier alpha value is -0.530. The second-order valence-electron chi connectivity index (χ2n) is 3.46. The van der Waals surface area contributed by atoms with E-state index in [1.54, 1.807) is 0 Å².